The standard InChI is InChI=1S/C15H21N3O3/c1-11-4-5-12-13(8-11)21-10-15(20)18(12)9-14(19)16-6-7-17(2)3/h4-5,8H,6-7,9-10H2,1-3H3,(H,16,19). The van der Waals surface area contributed by atoms with Crippen LogP contribution in [0.5, 0.6) is 5.75 Å². The van der Waals surface area contributed by atoms with Crippen LogP contribution in [0.1, 0.15) is 5.56 Å². The van der Waals surface area contributed by atoms with Crippen molar-refractivity contribution in [2.75, 3.05) is 45.2 Å². The Labute approximate surface area is 124 Å². The lowest BCUT2D eigenvalue weighted by molar-refractivity contribution is -0.125. The van der Waals surface area contributed by atoms with Crippen molar-refractivity contribution >= 4 is 17.5 Å². The second kappa shape index (κ2) is 6.58. The average Bonchev–Trinajstić information content (AvgIpc) is 2.41. The number of anilines is 1. The molecular formula is C15H21N3O3. The first-order valence-corrected chi connectivity index (χ1v) is 6.92. The minimum Gasteiger partial charge on any atom is -0.482 e. The molecule has 6 nitrogen and oxygen atoms in total. The smallest absolute Gasteiger partial charge is 0.265 e. The number of carbonyl (C=O) groups excluding carboxylic acids is 2. The fourth-order valence-corrected chi connectivity index (χ4v) is 2.10. The molecule has 0 unspecified atom stereocenters. The van der Waals surface area contributed by atoms with Crippen molar-refractivity contribution in [3.05, 3.63) is 23.8 Å². The minimum atomic E-state index is -0.200. The zero-order valence-electron chi connectivity index (χ0n) is 12.7. The van der Waals surface area contributed by atoms with Crippen molar-refractivity contribution in [1.82, 2.24) is 10.2 Å². The number of aryl methyl sites for hydroxylation is 1. The molecule has 6 heteroatoms. The van der Waals surface area contributed by atoms with Gasteiger partial charge in [0.15, 0.2) is 6.61 Å². The molecule has 0 spiro atoms. The van der Waals surface area contributed by atoms with Crippen LogP contribution in [0.25, 0.3) is 0 Å². The molecule has 114 valence electrons. The number of hydrogen-bond acceptors (Lipinski definition) is 4. The van der Waals surface area contributed by atoms with Gasteiger partial charge in [-0.1, -0.05) is 6.07 Å². The maximum atomic E-state index is 12.0. The van der Waals surface area contributed by atoms with E-state index in [-0.39, 0.29) is 25.0 Å². The van der Waals surface area contributed by atoms with E-state index in [1.165, 1.54) is 4.90 Å². The number of amides is 2. The number of ether oxygens (including phenoxy) is 1. The molecule has 1 aromatic rings. The first-order chi connectivity index (χ1) is 9.97. The van der Waals surface area contributed by atoms with E-state index < -0.39 is 0 Å². The zero-order chi connectivity index (χ0) is 15.4. The number of likely N-dealkylation sites (N-methyl/N-ethyl adjacent to an activating group) is 1. The van der Waals surface area contributed by atoms with Crippen LogP contribution < -0.4 is 15.0 Å². The lowest BCUT2D eigenvalue weighted by atomic mass is 10.1. The van der Waals surface area contributed by atoms with Gasteiger partial charge in [-0.05, 0) is 38.7 Å². The molecule has 0 atom stereocenters. The van der Waals surface area contributed by atoms with E-state index in [4.69, 9.17) is 4.74 Å². The summed E-state index contributed by atoms with van der Waals surface area (Å²) in [7, 11) is 3.88. The SMILES string of the molecule is Cc1ccc2c(c1)OCC(=O)N2CC(=O)NCCN(C)C. The van der Waals surface area contributed by atoms with E-state index in [2.05, 4.69) is 5.32 Å². The van der Waals surface area contributed by atoms with Gasteiger partial charge in [0, 0.05) is 13.1 Å². The predicted molar refractivity (Wildman–Crippen MR) is 80.6 cm³/mol. The monoisotopic (exact) mass is 291 g/mol. The molecule has 0 radical (unpaired) electrons. The molecule has 0 bridgehead atoms. The molecule has 21 heavy (non-hydrogen) atoms. The molecule has 2 amide bonds. The van der Waals surface area contributed by atoms with E-state index in [9.17, 15) is 9.59 Å². The predicted octanol–water partition coefficient (Wildman–Crippen LogP) is 0.398. The van der Waals surface area contributed by atoms with E-state index in [1.54, 1.807) is 0 Å². The molecule has 0 aliphatic carbocycles. The number of nitrogens with one attached hydrogen (secondary N) is 1. The number of hydrogen-bond donors (Lipinski definition) is 1. The molecule has 1 aliphatic heterocycles. The van der Waals surface area contributed by atoms with E-state index in [0.29, 0.717) is 18.0 Å². The van der Waals surface area contributed by atoms with Crippen molar-refractivity contribution in [2.24, 2.45) is 0 Å². The van der Waals surface area contributed by atoms with Gasteiger partial charge in [-0.25, -0.2) is 0 Å². The Morgan fingerprint density at radius 1 is 1.43 bits per heavy atom. The third-order valence-corrected chi connectivity index (χ3v) is 3.24. The molecular weight excluding hydrogens is 270 g/mol. The summed E-state index contributed by atoms with van der Waals surface area (Å²) in [5.41, 5.74) is 1.71. The molecule has 1 heterocycles. The fraction of sp³-hybridized carbons (Fsp3) is 0.467. The quantitative estimate of drug-likeness (QED) is 0.853. The van der Waals surface area contributed by atoms with Crippen molar-refractivity contribution in [1.29, 1.82) is 0 Å². The second-order valence-electron chi connectivity index (χ2n) is 5.39. The third-order valence-electron chi connectivity index (χ3n) is 3.24. The van der Waals surface area contributed by atoms with Gasteiger partial charge in [0.05, 0.1) is 5.69 Å². The van der Waals surface area contributed by atoms with Crippen LogP contribution in [0, 0.1) is 6.92 Å². The summed E-state index contributed by atoms with van der Waals surface area (Å²) in [6.07, 6.45) is 0. The van der Waals surface area contributed by atoms with Gasteiger partial charge in [0.1, 0.15) is 12.3 Å². The summed E-state index contributed by atoms with van der Waals surface area (Å²) in [6, 6.07) is 5.59. The summed E-state index contributed by atoms with van der Waals surface area (Å²) in [6.45, 7) is 3.27. The summed E-state index contributed by atoms with van der Waals surface area (Å²) < 4.78 is 5.41. The fourth-order valence-electron chi connectivity index (χ4n) is 2.10. The first-order valence-electron chi connectivity index (χ1n) is 6.92. The number of benzene rings is 1. The van der Waals surface area contributed by atoms with Crippen molar-refractivity contribution in [3.63, 3.8) is 0 Å². The van der Waals surface area contributed by atoms with Crippen LogP contribution in [-0.4, -0.2) is 57.1 Å². The topological polar surface area (TPSA) is 61.9 Å². The first kappa shape index (κ1) is 15.3. The molecule has 1 aromatic carbocycles. The average molecular weight is 291 g/mol. The van der Waals surface area contributed by atoms with Gasteiger partial charge in [-0.3, -0.25) is 14.5 Å². The molecule has 0 aromatic heterocycles. The van der Waals surface area contributed by atoms with Crippen LogP contribution in [0.15, 0.2) is 18.2 Å². The normalized spacial score (nSPS) is 13.9. The summed E-state index contributed by atoms with van der Waals surface area (Å²) in [5, 5.41) is 2.81. The number of nitrogens with zero attached hydrogens (tertiary/aromatic N) is 2. The highest BCUT2D eigenvalue weighted by Gasteiger charge is 2.27. The maximum Gasteiger partial charge on any atom is 0.265 e. The van der Waals surface area contributed by atoms with Crippen molar-refractivity contribution in [3.8, 4) is 5.75 Å². The molecule has 0 saturated carbocycles. The Bertz CT molecular complexity index is 543. The molecule has 1 N–H and O–H groups in total. The maximum absolute atomic E-state index is 12.0. The van der Waals surface area contributed by atoms with Crippen LogP contribution in [0.2, 0.25) is 0 Å². The molecule has 0 saturated heterocycles. The Kier molecular flexibility index (Phi) is 4.80. The van der Waals surface area contributed by atoms with Gasteiger partial charge in [0.25, 0.3) is 5.91 Å². The van der Waals surface area contributed by atoms with E-state index in [1.807, 2.05) is 44.1 Å². The van der Waals surface area contributed by atoms with Gasteiger partial charge < -0.3 is 15.0 Å². The summed E-state index contributed by atoms with van der Waals surface area (Å²) >= 11 is 0. The van der Waals surface area contributed by atoms with Crippen LogP contribution in [0.3, 0.4) is 0 Å². The third kappa shape index (κ3) is 3.95. The van der Waals surface area contributed by atoms with E-state index >= 15 is 0 Å². The minimum absolute atomic E-state index is 0.0195. The highest BCUT2D eigenvalue weighted by Crippen LogP contribution is 2.32. The van der Waals surface area contributed by atoms with Crippen molar-refractivity contribution in [2.45, 2.75) is 6.92 Å². The van der Waals surface area contributed by atoms with E-state index in [0.717, 1.165) is 12.1 Å². The van der Waals surface area contributed by atoms with Crippen LogP contribution in [-0.2, 0) is 9.59 Å². The molecule has 0 fully saturated rings. The van der Waals surface area contributed by atoms with Gasteiger partial charge in [-0.15, -0.1) is 0 Å². The van der Waals surface area contributed by atoms with Crippen molar-refractivity contribution < 1.29 is 14.3 Å². The number of fused-ring (bicyclic) bond motifs is 1. The second-order valence-corrected chi connectivity index (χ2v) is 5.39. The number of rotatable bonds is 5. The Balaban J connectivity index is 2.02. The largest absolute Gasteiger partial charge is 0.482 e. The number of carbonyl (C=O) groups is 2. The molecule has 1 aliphatic rings. The van der Waals surface area contributed by atoms with Gasteiger partial charge >= 0.3 is 0 Å². The summed E-state index contributed by atoms with van der Waals surface area (Å²) in [4.78, 5) is 27.4. The Hall–Kier alpha value is -2.08. The van der Waals surface area contributed by atoms with Gasteiger partial charge in [-0.2, -0.15) is 0 Å². The summed E-state index contributed by atoms with van der Waals surface area (Å²) in [5.74, 6) is 0.281. The van der Waals surface area contributed by atoms with Crippen LogP contribution >= 0.6 is 0 Å². The Morgan fingerprint density at radius 3 is 2.90 bits per heavy atom. The highest BCUT2D eigenvalue weighted by atomic mass is 16.5. The highest BCUT2D eigenvalue weighted by molar-refractivity contribution is 6.02. The Morgan fingerprint density at radius 2 is 2.19 bits per heavy atom. The van der Waals surface area contributed by atoms with Gasteiger partial charge in [0.2, 0.25) is 5.91 Å². The lowest BCUT2D eigenvalue weighted by Crippen LogP contribution is -2.46. The zero-order valence-corrected chi connectivity index (χ0v) is 12.7. The molecule has 2 rings (SSSR count). The lowest BCUT2D eigenvalue weighted by Gasteiger charge is -2.29. The van der Waals surface area contributed by atoms with Crippen LogP contribution in [0.4, 0.5) is 5.69 Å².